The number of carbonyl (C=O) groups excluding carboxylic acids is 1. The van der Waals surface area contributed by atoms with E-state index in [-0.39, 0.29) is 18.1 Å². The monoisotopic (exact) mass is 384 g/mol. The topological polar surface area (TPSA) is 62.6 Å². The van der Waals surface area contributed by atoms with Crippen LogP contribution in [0.2, 0.25) is 5.02 Å². The van der Waals surface area contributed by atoms with Gasteiger partial charge >= 0.3 is 5.63 Å². The van der Waals surface area contributed by atoms with Crippen LogP contribution in [0.25, 0.3) is 11.0 Å². The Balaban J connectivity index is 1.74. The zero-order valence-corrected chi connectivity index (χ0v) is 16.3. The Labute approximate surface area is 162 Å². The average molecular weight is 385 g/mol. The molecule has 5 nitrogen and oxygen atoms in total. The zero-order valence-electron chi connectivity index (χ0n) is 15.5. The van der Waals surface area contributed by atoms with Crippen LogP contribution in [0.4, 0.5) is 5.69 Å². The van der Waals surface area contributed by atoms with E-state index in [4.69, 9.17) is 16.0 Å². The van der Waals surface area contributed by atoms with E-state index in [2.05, 4.69) is 5.32 Å². The van der Waals surface area contributed by atoms with Crippen LogP contribution in [0, 0.1) is 13.8 Å². The van der Waals surface area contributed by atoms with E-state index in [9.17, 15) is 9.59 Å². The summed E-state index contributed by atoms with van der Waals surface area (Å²) in [5, 5.41) is 4.34. The number of rotatable bonds is 5. The van der Waals surface area contributed by atoms with Gasteiger partial charge in [-0.2, -0.15) is 0 Å². The second-order valence-electron chi connectivity index (χ2n) is 6.75. The highest BCUT2D eigenvalue weighted by Gasteiger charge is 2.12. The molecule has 0 aliphatic heterocycles. The maximum atomic E-state index is 12.3. The Morgan fingerprint density at radius 2 is 1.78 bits per heavy atom. The van der Waals surface area contributed by atoms with Gasteiger partial charge in [-0.25, -0.2) is 4.79 Å². The van der Waals surface area contributed by atoms with E-state index in [1.165, 1.54) is 6.07 Å². The average Bonchev–Trinajstić information content (AvgIpc) is 2.58. The van der Waals surface area contributed by atoms with Gasteiger partial charge in [0.15, 0.2) is 0 Å². The van der Waals surface area contributed by atoms with Crippen molar-refractivity contribution in [2.45, 2.75) is 20.4 Å². The predicted octanol–water partition coefficient (Wildman–Crippen LogP) is 4.13. The van der Waals surface area contributed by atoms with Gasteiger partial charge in [0, 0.05) is 28.7 Å². The molecule has 140 valence electrons. The fourth-order valence-corrected chi connectivity index (χ4v) is 3.07. The Kier molecular flexibility index (Phi) is 5.63. The first-order valence-electron chi connectivity index (χ1n) is 8.60. The molecule has 2 aromatic carbocycles. The van der Waals surface area contributed by atoms with Crippen LogP contribution in [0.3, 0.4) is 0 Å². The number of likely N-dealkylation sites (N-methyl/N-ethyl adjacent to an activating group) is 1. The van der Waals surface area contributed by atoms with Crippen LogP contribution in [0.5, 0.6) is 0 Å². The van der Waals surface area contributed by atoms with E-state index in [1.807, 2.05) is 37.9 Å². The number of anilines is 1. The molecule has 0 fully saturated rings. The molecule has 0 spiro atoms. The maximum absolute atomic E-state index is 12.3. The van der Waals surface area contributed by atoms with Crippen LogP contribution in [0.15, 0.2) is 51.7 Å². The van der Waals surface area contributed by atoms with Crippen molar-refractivity contribution in [3.05, 3.63) is 74.6 Å². The lowest BCUT2D eigenvalue weighted by atomic mass is 10.0. The second-order valence-corrected chi connectivity index (χ2v) is 7.19. The molecule has 27 heavy (non-hydrogen) atoms. The number of carbonyl (C=O) groups is 1. The fraction of sp³-hybridized carbons (Fsp3) is 0.238. The minimum atomic E-state index is -0.389. The van der Waals surface area contributed by atoms with Gasteiger partial charge in [0.05, 0.1) is 6.54 Å². The number of fused-ring (bicyclic) bond motifs is 1. The number of nitrogens with zero attached hydrogens (tertiary/aromatic N) is 1. The molecule has 1 aromatic heterocycles. The normalized spacial score (nSPS) is 11.1. The molecule has 3 rings (SSSR count). The molecule has 6 heteroatoms. The number of amides is 1. The highest BCUT2D eigenvalue weighted by Crippen LogP contribution is 2.22. The number of nitrogens with one attached hydrogen (secondary N) is 1. The van der Waals surface area contributed by atoms with Crippen molar-refractivity contribution >= 4 is 34.2 Å². The third-order valence-electron chi connectivity index (χ3n) is 4.43. The molecule has 0 aliphatic rings. The summed E-state index contributed by atoms with van der Waals surface area (Å²) in [6, 6.07) is 12.3. The maximum Gasteiger partial charge on any atom is 0.336 e. The van der Waals surface area contributed by atoms with Crippen molar-refractivity contribution in [3.8, 4) is 0 Å². The van der Waals surface area contributed by atoms with Crippen LogP contribution in [-0.2, 0) is 11.3 Å². The Bertz CT molecular complexity index is 1040. The SMILES string of the molecule is Cc1cc2oc(=O)cc(CN(C)CC(=O)Nc3ccc(Cl)cc3)c2cc1C. The second kappa shape index (κ2) is 7.94. The summed E-state index contributed by atoms with van der Waals surface area (Å²) >= 11 is 5.85. The molecule has 1 heterocycles. The van der Waals surface area contributed by atoms with Gasteiger partial charge in [-0.1, -0.05) is 11.6 Å². The highest BCUT2D eigenvalue weighted by atomic mass is 35.5. The van der Waals surface area contributed by atoms with Gasteiger partial charge in [-0.15, -0.1) is 0 Å². The summed E-state index contributed by atoms with van der Waals surface area (Å²) in [7, 11) is 1.84. The van der Waals surface area contributed by atoms with Gasteiger partial charge in [0.2, 0.25) is 5.91 Å². The van der Waals surface area contributed by atoms with E-state index in [0.29, 0.717) is 22.8 Å². The molecule has 0 radical (unpaired) electrons. The first-order valence-corrected chi connectivity index (χ1v) is 8.97. The van der Waals surface area contributed by atoms with Gasteiger partial charge in [0.1, 0.15) is 5.58 Å². The number of halogens is 1. The minimum absolute atomic E-state index is 0.140. The lowest BCUT2D eigenvalue weighted by Crippen LogP contribution is -2.30. The molecular weight excluding hydrogens is 364 g/mol. The van der Waals surface area contributed by atoms with Crippen molar-refractivity contribution in [1.29, 1.82) is 0 Å². The molecule has 0 aliphatic carbocycles. The molecule has 0 saturated carbocycles. The smallest absolute Gasteiger partial charge is 0.336 e. The number of benzene rings is 2. The molecule has 0 atom stereocenters. The molecule has 0 unspecified atom stereocenters. The third-order valence-corrected chi connectivity index (χ3v) is 4.68. The van der Waals surface area contributed by atoms with E-state index >= 15 is 0 Å². The Morgan fingerprint density at radius 3 is 2.48 bits per heavy atom. The number of hydrogen-bond acceptors (Lipinski definition) is 4. The van der Waals surface area contributed by atoms with Gasteiger partial charge in [-0.3, -0.25) is 9.69 Å². The first-order chi connectivity index (χ1) is 12.8. The van der Waals surface area contributed by atoms with Gasteiger partial charge in [-0.05, 0) is 74.0 Å². The van der Waals surface area contributed by atoms with Crippen molar-refractivity contribution in [2.75, 3.05) is 18.9 Å². The van der Waals surface area contributed by atoms with Crippen LogP contribution in [-0.4, -0.2) is 24.4 Å². The summed E-state index contributed by atoms with van der Waals surface area (Å²) in [5.41, 5.74) is 3.90. The largest absolute Gasteiger partial charge is 0.423 e. The Hall–Kier alpha value is -2.63. The number of hydrogen-bond donors (Lipinski definition) is 1. The van der Waals surface area contributed by atoms with Crippen molar-refractivity contribution < 1.29 is 9.21 Å². The molecule has 1 amide bonds. The minimum Gasteiger partial charge on any atom is -0.423 e. The summed E-state index contributed by atoms with van der Waals surface area (Å²) in [5.74, 6) is -0.140. The molecule has 0 bridgehead atoms. The number of aryl methyl sites for hydroxylation is 2. The molecule has 3 aromatic rings. The molecule has 0 saturated heterocycles. The van der Waals surface area contributed by atoms with Crippen LogP contribution in [0.1, 0.15) is 16.7 Å². The highest BCUT2D eigenvalue weighted by molar-refractivity contribution is 6.30. The quantitative estimate of drug-likeness (QED) is 0.672. The van der Waals surface area contributed by atoms with Crippen molar-refractivity contribution in [3.63, 3.8) is 0 Å². The predicted molar refractivity (Wildman–Crippen MR) is 108 cm³/mol. The lowest BCUT2D eigenvalue weighted by molar-refractivity contribution is -0.117. The zero-order chi connectivity index (χ0) is 19.6. The third kappa shape index (κ3) is 4.76. The van der Waals surface area contributed by atoms with E-state index in [0.717, 1.165) is 22.1 Å². The van der Waals surface area contributed by atoms with Crippen molar-refractivity contribution in [1.82, 2.24) is 4.90 Å². The summed E-state index contributed by atoms with van der Waals surface area (Å²) in [6.45, 7) is 4.65. The molecule has 1 N–H and O–H groups in total. The first kappa shape index (κ1) is 19.1. The van der Waals surface area contributed by atoms with E-state index < -0.39 is 0 Å². The van der Waals surface area contributed by atoms with E-state index in [1.54, 1.807) is 24.3 Å². The van der Waals surface area contributed by atoms with Crippen LogP contribution < -0.4 is 10.9 Å². The fourth-order valence-electron chi connectivity index (χ4n) is 2.94. The molecular formula is C21H21ClN2O3. The van der Waals surface area contributed by atoms with Gasteiger partial charge < -0.3 is 9.73 Å². The summed E-state index contributed by atoms with van der Waals surface area (Å²) in [6.07, 6.45) is 0. The standard InChI is InChI=1S/C21H21ClN2O3/c1-13-8-18-15(10-21(26)27-19(18)9-14(13)2)11-24(3)12-20(25)23-17-6-4-16(22)5-7-17/h4-10H,11-12H2,1-3H3,(H,23,25). The van der Waals surface area contributed by atoms with Gasteiger partial charge in [0.25, 0.3) is 0 Å². The van der Waals surface area contributed by atoms with Crippen LogP contribution >= 0.6 is 11.6 Å². The summed E-state index contributed by atoms with van der Waals surface area (Å²) < 4.78 is 5.33. The lowest BCUT2D eigenvalue weighted by Gasteiger charge is -2.17. The van der Waals surface area contributed by atoms with Crippen molar-refractivity contribution in [2.24, 2.45) is 0 Å². The Morgan fingerprint density at radius 1 is 1.11 bits per heavy atom. The summed E-state index contributed by atoms with van der Waals surface area (Å²) in [4.78, 5) is 26.0.